The lowest BCUT2D eigenvalue weighted by atomic mass is 9.79. The molecule has 0 aromatic carbocycles. The molecule has 7 heteroatoms. The van der Waals surface area contributed by atoms with Crippen LogP contribution in [0.15, 0.2) is 4.52 Å². The van der Waals surface area contributed by atoms with Crippen molar-refractivity contribution in [3.63, 3.8) is 0 Å². The van der Waals surface area contributed by atoms with Crippen LogP contribution in [0.25, 0.3) is 0 Å². The van der Waals surface area contributed by atoms with Gasteiger partial charge in [-0.05, 0) is 46.5 Å². The average Bonchev–Trinajstić information content (AvgIpc) is 2.83. The molecule has 1 saturated carbocycles. The van der Waals surface area contributed by atoms with Crippen molar-refractivity contribution < 1.29 is 19.2 Å². The number of rotatable bonds is 3. The molecule has 1 heterocycles. The van der Waals surface area contributed by atoms with E-state index in [0.29, 0.717) is 31.0 Å². The van der Waals surface area contributed by atoms with Gasteiger partial charge in [-0.1, -0.05) is 25.9 Å². The fraction of sp³-hybridized carbons (Fsp3) is 0.833. The van der Waals surface area contributed by atoms with E-state index in [0.717, 1.165) is 12.8 Å². The number of aromatic nitrogens is 2. The number of hydrogen-bond donors (Lipinski definition) is 2. The molecule has 2 atom stereocenters. The maximum absolute atomic E-state index is 12.0. The Hall–Kier alpha value is -1.63. The van der Waals surface area contributed by atoms with Crippen LogP contribution >= 0.6 is 0 Å². The summed E-state index contributed by atoms with van der Waals surface area (Å²) in [6.07, 6.45) is 2.57. The fourth-order valence-corrected chi connectivity index (χ4v) is 3.01. The average molecular weight is 353 g/mol. The molecule has 1 aliphatic carbocycles. The molecule has 7 nitrogen and oxygen atoms in total. The monoisotopic (exact) mass is 353 g/mol. The molecule has 0 spiro atoms. The topological polar surface area (TPSA) is 97.5 Å². The summed E-state index contributed by atoms with van der Waals surface area (Å²) in [4.78, 5) is 16.4. The molecular weight excluding hydrogens is 322 g/mol. The summed E-state index contributed by atoms with van der Waals surface area (Å²) in [5.74, 6) is 1.07. The van der Waals surface area contributed by atoms with Crippen LogP contribution in [-0.4, -0.2) is 38.6 Å². The van der Waals surface area contributed by atoms with E-state index >= 15 is 0 Å². The van der Waals surface area contributed by atoms with E-state index in [4.69, 9.17) is 9.26 Å². The minimum atomic E-state index is -0.959. The first-order valence-corrected chi connectivity index (χ1v) is 8.91. The first kappa shape index (κ1) is 19.7. The first-order valence-electron chi connectivity index (χ1n) is 8.91. The van der Waals surface area contributed by atoms with E-state index in [9.17, 15) is 9.90 Å². The molecule has 2 rings (SSSR count). The highest BCUT2D eigenvalue weighted by Crippen LogP contribution is 2.32. The Morgan fingerprint density at radius 3 is 2.60 bits per heavy atom. The minimum Gasteiger partial charge on any atom is -0.444 e. The maximum Gasteiger partial charge on any atom is 0.407 e. The van der Waals surface area contributed by atoms with E-state index in [1.807, 2.05) is 41.5 Å². The summed E-state index contributed by atoms with van der Waals surface area (Å²) in [5, 5.41) is 17.8. The molecule has 2 N–H and O–H groups in total. The summed E-state index contributed by atoms with van der Waals surface area (Å²) >= 11 is 0. The summed E-state index contributed by atoms with van der Waals surface area (Å²) in [7, 11) is 0. The molecule has 0 aliphatic heterocycles. The molecule has 25 heavy (non-hydrogen) atoms. The molecule has 0 saturated heterocycles. The Labute approximate surface area is 149 Å². The highest BCUT2D eigenvalue weighted by molar-refractivity contribution is 5.68. The van der Waals surface area contributed by atoms with Crippen LogP contribution in [0.3, 0.4) is 0 Å². The van der Waals surface area contributed by atoms with Gasteiger partial charge in [0.1, 0.15) is 5.60 Å². The lowest BCUT2D eigenvalue weighted by Gasteiger charge is -2.36. The first-order chi connectivity index (χ1) is 11.4. The summed E-state index contributed by atoms with van der Waals surface area (Å²) in [6, 6.07) is -0.126. The smallest absolute Gasteiger partial charge is 0.407 e. The van der Waals surface area contributed by atoms with Crippen molar-refractivity contribution in [1.82, 2.24) is 15.5 Å². The van der Waals surface area contributed by atoms with Gasteiger partial charge in [0, 0.05) is 11.5 Å². The number of ether oxygens (including phenoxy) is 1. The van der Waals surface area contributed by atoms with Crippen LogP contribution in [-0.2, 0) is 16.6 Å². The zero-order chi connectivity index (χ0) is 18.9. The second kappa shape index (κ2) is 6.94. The highest BCUT2D eigenvalue weighted by Gasteiger charge is 2.37. The minimum absolute atomic E-state index is 0.126. The quantitative estimate of drug-likeness (QED) is 0.866. The van der Waals surface area contributed by atoms with Gasteiger partial charge in [0.05, 0.1) is 12.0 Å². The predicted octanol–water partition coefficient (Wildman–Crippen LogP) is 3.11. The van der Waals surface area contributed by atoms with Crippen molar-refractivity contribution in [2.45, 2.75) is 96.3 Å². The van der Waals surface area contributed by atoms with E-state index in [-0.39, 0.29) is 11.5 Å². The van der Waals surface area contributed by atoms with Crippen LogP contribution in [0, 0.1) is 0 Å². The van der Waals surface area contributed by atoms with Crippen molar-refractivity contribution in [1.29, 1.82) is 0 Å². The normalized spacial score (nSPS) is 24.8. The van der Waals surface area contributed by atoms with Crippen molar-refractivity contribution in [3.05, 3.63) is 11.7 Å². The third-order valence-corrected chi connectivity index (χ3v) is 4.16. The van der Waals surface area contributed by atoms with Crippen molar-refractivity contribution in [2.75, 3.05) is 0 Å². The number of alkyl carbamates (subject to hydrolysis) is 1. The van der Waals surface area contributed by atoms with Crippen LogP contribution in [0.4, 0.5) is 4.79 Å². The van der Waals surface area contributed by atoms with Gasteiger partial charge < -0.3 is 19.7 Å². The molecule has 142 valence electrons. The van der Waals surface area contributed by atoms with Gasteiger partial charge in [-0.3, -0.25) is 0 Å². The number of amides is 1. The third kappa shape index (κ3) is 5.99. The molecule has 1 aromatic rings. The van der Waals surface area contributed by atoms with Gasteiger partial charge in [-0.2, -0.15) is 4.98 Å². The van der Waals surface area contributed by atoms with Gasteiger partial charge in [0.2, 0.25) is 5.89 Å². The Kier molecular flexibility index (Phi) is 5.47. The van der Waals surface area contributed by atoms with Gasteiger partial charge in [-0.25, -0.2) is 4.79 Å². The van der Waals surface area contributed by atoms with Gasteiger partial charge in [0.25, 0.3) is 0 Å². The molecule has 1 amide bonds. The fourth-order valence-electron chi connectivity index (χ4n) is 3.01. The Bertz CT molecular complexity index is 600. The highest BCUT2D eigenvalue weighted by atomic mass is 16.6. The van der Waals surface area contributed by atoms with Gasteiger partial charge >= 0.3 is 6.09 Å². The zero-order valence-electron chi connectivity index (χ0n) is 16.2. The lowest BCUT2D eigenvalue weighted by molar-refractivity contribution is -0.0149. The van der Waals surface area contributed by atoms with Crippen LogP contribution in [0.1, 0.15) is 78.9 Å². The molecule has 1 aliphatic rings. The van der Waals surface area contributed by atoms with E-state index in [2.05, 4.69) is 15.5 Å². The SMILES string of the molecule is CC(C)(C)OC(=O)NC1CCCC(O)(Cc2nc(C(C)(C)C)no2)C1. The largest absolute Gasteiger partial charge is 0.444 e. The number of carbonyl (C=O) groups is 1. The van der Waals surface area contributed by atoms with Crippen molar-refractivity contribution >= 4 is 6.09 Å². The predicted molar refractivity (Wildman–Crippen MR) is 93.3 cm³/mol. The second-order valence-corrected chi connectivity index (χ2v) is 9.10. The number of nitrogens with zero attached hydrogens (tertiary/aromatic N) is 2. The molecule has 1 aromatic heterocycles. The van der Waals surface area contributed by atoms with Gasteiger partial charge in [-0.15, -0.1) is 0 Å². The van der Waals surface area contributed by atoms with Crippen molar-refractivity contribution in [3.8, 4) is 0 Å². The maximum atomic E-state index is 12.0. The second-order valence-electron chi connectivity index (χ2n) is 9.10. The molecular formula is C18H31N3O4. The van der Waals surface area contributed by atoms with E-state index < -0.39 is 17.3 Å². The Morgan fingerprint density at radius 2 is 2.04 bits per heavy atom. The number of aliphatic hydroxyl groups is 1. The number of carbonyl (C=O) groups excluding carboxylic acids is 1. The van der Waals surface area contributed by atoms with Crippen molar-refractivity contribution in [2.24, 2.45) is 0 Å². The van der Waals surface area contributed by atoms with E-state index in [1.54, 1.807) is 0 Å². The molecule has 0 bridgehead atoms. The Morgan fingerprint density at radius 1 is 1.36 bits per heavy atom. The summed E-state index contributed by atoms with van der Waals surface area (Å²) in [6.45, 7) is 11.5. The standard InChI is InChI=1S/C18H31N3O4/c1-16(2,3)14-20-13(25-21-14)11-18(23)9-7-8-12(10-18)19-15(22)24-17(4,5)6/h12,23H,7-11H2,1-6H3,(H,19,22). The summed E-state index contributed by atoms with van der Waals surface area (Å²) in [5.41, 5.74) is -1.69. The molecule has 1 fully saturated rings. The van der Waals surface area contributed by atoms with Gasteiger partial charge in [0.15, 0.2) is 5.82 Å². The van der Waals surface area contributed by atoms with Crippen LogP contribution in [0.5, 0.6) is 0 Å². The van der Waals surface area contributed by atoms with Crippen LogP contribution < -0.4 is 5.32 Å². The molecule has 0 radical (unpaired) electrons. The zero-order valence-corrected chi connectivity index (χ0v) is 16.2. The van der Waals surface area contributed by atoms with E-state index in [1.165, 1.54) is 0 Å². The summed E-state index contributed by atoms with van der Waals surface area (Å²) < 4.78 is 10.6. The third-order valence-electron chi connectivity index (χ3n) is 4.16. The Balaban J connectivity index is 1.96. The number of hydrogen-bond acceptors (Lipinski definition) is 6. The lowest BCUT2D eigenvalue weighted by Crippen LogP contribution is -2.48. The van der Waals surface area contributed by atoms with Crippen LogP contribution in [0.2, 0.25) is 0 Å². The molecule has 2 unspecified atom stereocenters. The number of nitrogens with one attached hydrogen (secondary N) is 1.